The molecule has 0 radical (unpaired) electrons. The number of hydrogen-bond donors (Lipinski definition) is 2. The number of halogens is 2. The van der Waals surface area contributed by atoms with Crippen molar-refractivity contribution in [3.8, 4) is 0 Å². The first-order valence-corrected chi connectivity index (χ1v) is 5.44. The summed E-state index contributed by atoms with van der Waals surface area (Å²) in [5, 5.41) is 5.66. The van der Waals surface area contributed by atoms with E-state index in [1.54, 1.807) is 4.90 Å². The van der Waals surface area contributed by atoms with Gasteiger partial charge in [-0.1, -0.05) is 0 Å². The SMILES string of the molecule is O=C1Nc2ccc(F)c(F)c2N2CCNCC12. The van der Waals surface area contributed by atoms with Crippen molar-refractivity contribution < 1.29 is 13.6 Å². The van der Waals surface area contributed by atoms with Gasteiger partial charge in [0.15, 0.2) is 11.6 Å². The Balaban J connectivity index is 2.14. The lowest BCUT2D eigenvalue weighted by Gasteiger charge is -2.41. The first-order valence-electron chi connectivity index (χ1n) is 5.44. The minimum atomic E-state index is -0.894. The summed E-state index contributed by atoms with van der Waals surface area (Å²) in [6.07, 6.45) is 0. The highest BCUT2D eigenvalue weighted by Gasteiger charge is 2.37. The van der Waals surface area contributed by atoms with Gasteiger partial charge in [-0.15, -0.1) is 0 Å². The van der Waals surface area contributed by atoms with Crippen LogP contribution in [0.3, 0.4) is 0 Å². The molecule has 1 atom stereocenters. The van der Waals surface area contributed by atoms with E-state index >= 15 is 0 Å². The minimum Gasteiger partial charge on any atom is -0.353 e. The number of amides is 1. The van der Waals surface area contributed by atoms with E-state index < -0.39 is 17.7 Å². The maximum Gasteiger partial charge on any atom is 0.248 e. The highest BCUT2D eigenvalue weighted by atomic mass is 19.2. The number of carbonyl (C=O) groups is 1. The molecule has 1 fully saturated rings. The Labute approximate surface area is 96.6 Å². The third kappa shape index (κ3) is 1.48. The molecule has 0 aliphatic carbocycles. The quantitative estimate of drug-likeness (QED) is 0.700. The smallest absolute Gasteiger partial charge is 0.248 e. The van der Waals surface area contributed by atoms with Crippen LogP contribution in [0.2, 0.25) is 0 Å². The van der Waals surface area contributed by atoms with Crippen LogP contribution < -0.4 is 15.5 Å². The van der Waals surface area contributed by atoms with Gasteiger partial charge in [-0.25, -0.2) is 8.78 Å². The Hall–Kier alpha value is -1.69. The van der Waals surface area contributed by atoms with Crippen molar-refractivity contribution in [3.63, 3.8) is 0 Å². The highest BCUT2D eigenvalue weighted by molar-refractivity contribution is 6.04. The zero-order valence-corrected chi connectivity index (χ0v) is 8.96. The molecule has 4 nitrogen and oxygen atoms in total. The molecule has 6 heteroatoms. The molecule has 3 rings (SSSR count). The van der Waals surface area contributed by atoms with E-state index in [2.05, 4.69) is 10.6 Å². The predicted molar refractivity (Wildman–Crippen MR) is 59.0 cm³/mol. The zero-order chi connectivity index (χ0) is 12.0. The summed E-state index contributed by atoms with van der Waals surface area (Å²) in [7, 11) is 0. The van der Waals surface area contributed by atoms with E-state index in [1.807, 2.05) is 0 Å². The van der Waals surface area contributed by atoms with E-state index in [1.165, 1.54) is 6.07 Å². The van der Waals surface area contributed by atoms with Gasteiger partial charge in [0.2, 0.25) is 5.91 Å². The Bertz CT molecular complexity index is 492. The second-order valence-corrected chi connectivity index (χ2v) is 4.16. The first kappa shape index (κ1) is 10.5. The molecule has 0 spiro atoms. The topological polar surface area (TPSA) is 44.4 Å². The number of rotatable bonds is 0. The molecule has 0 bridgehead atoms. The standard InChI is InChI=1S/C11H11F2N3O/c12-6-1-2-7-10(9(6)13)16-4-3-14-5-8(16)11(17)15-7/h1-2,8,14H,3-5H2,(H,15,17). The number of nitrogens with one attached hydrogen (secondary N) is 2. The Morgan fingerprint density at radius 3 is 3.00 bits per heavy atom. The van der Waals surface area contributed by atoms with Crippen LogP contribution in [-0.2, 0) is 4.79 Å². The molecule has 1 amide bonds. The molecule has 2 aliphatic rings. The fourth-order valence-electron chi connectivity index (χ4n) is 2.34. The van der Waals surface area contributed by atoms with Gasteiger partial charge in [0.05, 0.1) is 5.69 Å². The van der Waals surface area contributed by atoms with Crippen LogP contribution in [0.15, 0.2) is 12.1 Å². The third-order valence-electron chi connectivity index (χ3n) is 3.16. The monoisotopic (exact) mass is 239 g/mol. The number of carbonyl (C=O) groups excluding carboxylic acids is 1. The fraction of sp³-hybridized carbons (Fsp3) is 0.364. The second kappa shape index (κ2) is 3.66. The maximum atomic E-state index is 13.8. The van der Waals surface area contributed by atoms with Crippen LogP contribution in [-0.4, -0.2) is 31.6 Å². The molecular formula is C11H11F2N3O. The van der Waals surface area contributed by atoms with Crippen molar-refractivity contribution in [1.29, 1.82) is 0 Å². The van der Waals surface area contributed by atoms with Crippen LogP contribution in [0, 0.1) is 11.6 Å². The second-order valence-electron chi connectivity index (χ2n) is 4.16. The number of benzene rings is 1. The van der Waals surface area contributed by atoms with Crippen LogP contribution >= 0.6 is 0 Å². The lowest BCUT2D eigenvalue weighted by molar-refractivity contribution is -0.117. The molecule has 2 N–H and O–H groups in total. The van der Waals surface area contributed by atoms with E-state index in [0.29, 0.717) is 25.3 Å². The van der Waals surface area contributed by atoms with Gasteiger partial charge in [-0.05, 0) is 12.1 Å². The molecule has 1 aromatic rings. The van der Waals surface area contributed by atoms with Gasteiger partial charge in [0.25, 0.3) is 0 Å². The highest BCUT2D eigenvalue weighted by Crippen LogP contribution is 2.36. The van der Waals surface area contributed by atoms with Crippen LogP contribution in [0.25, 0.3) is 0 Å². The molecule has 1 aromatic carbocycles. The number of nitrogens with zero attached hydrogens (tertiary/aromatic N) is 1. The Kier molecular flexibility index (Phi) is 2.25. The number of hydrogen-bond acceptors (Lipinski definition) is 3. The van der Waals surface area contributed by atoms with Crippen molar-refractivity contribution in [1.82, 2.24) is 5.32 Å². The fourth-order valence-corrected chi connectivity index (χ4v) is 2.34. The largest absolute Gasteiger partial charge is 0.353 e. The minimum absolute atomic E-state index is 0.163. The molecule has 2 aliphatic heterocycles. The van der Waals surface area contributed by atoms with E-state index in [-0.39, 0.29) is 11.6 Å². The van der Waals surface area contributed by atoms with Gasteiger partial charge >= 0.3 is 0 Å². The summed E-state index contributed by atoms with van der Waals surface area (Å²) in [4.78, 5) is 13.4. The molecule has 2 heterocycles. The average molecular weight is 239 g/mol. The van der Waals surface area contributed by atoms with Gasteiger partial charge in [0, 0.05) is 19.6 Å². The van der Waals surface area contributed by atoms with Crippen molar-refractivity contribution in [2.24, 2.45) is 0 Å². The summed E-state index contributed by atoms with van der Waals surface area (Å²) >= 11 is 0. The third-order valence-corrected chi connectivity index (χ3v) is 3.16. The summed E-state index contributed by atoms with van der Waals surface area (Å²) in [5.74, 6) is -1.97. The molecule has 1 unspecified atom stereocenters. The van der Waals surface area contributed by atoms with Crippen molar-refractivity contribution in [3.05, 3.63) is 23.8 Å². The number of anilines is 2. The average Bonchev–Trinajstić information content (AvgIpc) is 2.34. The Morgan fingerprint density at radius 1 is 1.35 bits per heavy atom. The molecular weight excluding hydrogens is 228 g/mol. The van der Waals surface area contributed by atoms with Gasteiger partial charge < -0.3 is 15.5 Å². The van der Waals surface area contributed by atoms with Crippen molar-refractivity contribution in [2.75, 3.05) is 29.9 Å². The zero-order valence-electron chi connectivity index (χ0n) is 8.96. The normalized spacial score (nSPS) is 22.8. The summed E-state index contributed by atoms with van der Waals surface area (Å²) in [6.45, 7) is 1.59. The van der Waals surface area contributed by atoms with E-state index in [9.17, 15) is 13.6 Å². The summed E-state index contributed by atoms with van der Waals surface area (Å²) < 4.78 is 27.0. The molecule has 90 valence electrons. The molecule has 1 saturated heterocycles. The van der Waals surface area contributed by atoms with Crippen molar-refractivity contribution >= 4 is 17.3 Å². The van der Waals surface area contributed by atoms with Crippen LogP contribution in [0.4, 0.5) is 20.2 Å². The lowest BCUT2D eigenvalue weighted by atomic mass is 10.1. The molecule has 0 aromatic heterocycles. The first-order chi connectivity index (χ1) is 8.18. The van der Waals surface area contributed by atoms with Crippen LogP contribution in [0.1, 0.15) is 0 Å². The van der Waals surface area contributed by atoms with Gasteiger partial charge in [-0.3, -0.25) is 4.79 Å². The van der Waals surface area contributed by atoms with Gasteiger partial charge in [0.1, 0.15) is 11.7 Å². The Morgan fingerprint density at radius 2 is 2.18 bits per heavy atom. The predicted octanol–water partition coefficient (Wildman–Crippen LogP) is 0.695. The lowest BCUT2D eigenvalue weighted by Crippen LogP contribution is -2.59. The molecule has 0 saturated carbocycles. The summed E-state index contributed by atoms with van der Waals surface area (Å²) in [5.41, 5.74) is 0.503. The molecule has 17 heavy (non-hydrogen) atoms. The van der Waals surface area contributed by atoms with Crippen LogP contribution in [0.5, 0.6) is 0 Å². The van der Waals surface area contributed by atoms with Gasteiger partial charge in [-0.2, -0.15) is 0 Å². The summed E-state index contributed by atoms with van der Waals surface area (Å²) in [6, 6.07) is 1.95. The number of piperazine rings is 1. The van der Waals surface area contributed by atoms with E-state index in [4.69, 9.17) is 0 Å². The number of fused-ring (bicyclic) bond motifs is 3. The maximum absolute atomic E-state index is 13.8. The van der Waals surface area contributed by atoms with Crippen molar-refractivity contribution in [2.45, 2.75) is 6.04 Å². The van der Waals surface area contributed by atoms with E-state index in [0.717, 1.165) is 6.07 Å².